The number of hydrogen-bond acceptors (Lipinski definition) is 3. The number of aromatic nitrogens is 2. The summed E-state index contributed by atoms with van der Waals surface area (Å²) >= 11 is 0. The van der Waals surface area contributed by atoms with Crippen LogP contribution in [0.4, 0.5) is 5.69 Å². The van der Waals surface area contributed by atoms with E-state index < -0.39 is 5.54 Å². The van der Waals surface area contributed by atoms with Gasteiger partial charge in [-0.05, 0) is 52.0 Å². The number of nitrogens with one attached hydrogen (secondary N) is 2. The Morgan fingerprint density at radius 1 is 1.15 bits per heavy atom. The second-order valence-electron chi connectivity index (χ2n) is 7.45. The molecule has 1 amide bonds. The normalized spacial score (nSPS) is 11.6. The average Bonchev–Trinajstić information content (AvgIpc) is 3.06. The Hall–Kier alpha value is -2.82. The number of imidazole rings is 1. The number of benzene rings is 2. The summed E-state index contributed by atoms with van der Waals surface area (Å²) in [5.41, 5.74) is 3.46. The Morgan fingerprint density at radius 2 is 1.85 bits per heavy atom. The van der Waals surface area contributed by atoms with Crippen molar-refractivity contribution in [3.05, 3.63) is 59.9 Å². The Morgan fingerprint density at radius 3 is 2.52 bits per heavy atom. The maximum absolute atomic E-state index is 13.1. The zero-order chi connectivity index (χ0) is 19.4. The highest BCUT2D eigenvalue weighted by Crippen LogP contribution is 2.19. The van der Waals surface area contributed by atoms with E-state index in [9.17, 15) is 4.79 Å². The van der Waals surface area contributed by atoms with E-state index in [1.807, 2.05) is 74.2 Å². The van der Waals surface area contributed by atoms with Gasteiger partial charge in [-0.2, -0.15) is 0 Å². The molecule has 0 saturated carbocycles. The van der Waals surface area contributed by atoms with Crippen molar-refractivity contribution in [2.45, 2.75) is 39.7 Å². The number of nitrogens with zero attached hydrogens (tertiary/aromatic N) is 2. The van der Waals surface area contributed by atoms with Crippen LogP contribution < -0.4 is 5.32 Å². The van der Waals surface area contributed by atoms with Gasteiger partial charge in [-0.1, -0.05) is 29.8 Å². The zero-order valence-electron chi connectivity index (χ0n) is 16.5. The monoisotopic (exact) mass is 364 g/mol. The standard InChI is InChI=1S/C22H28N4O/c1-5-26(15-14-20-23-18-8-6-7-9-19(18)24-20)21(27)22(3,4)25-17-12-10-16(2)11-13-17/h6-13,25H,5,14-15H2,1-4H3,(H,23,24). The molecular weight excluding hydrogens is 336 g/mol. The Labute approximate surface area is 160 Å². The predicted molar refractivity (Wildman–Crippen MR) is 111 cm³/mol. The topological polar surface area (TPSA) is 61.0 Å². The molecule has 1 heterocycles. The van der Waals surface area contributed by atoms with Crippen LogP contribution in [0, 0.1) is 6.92 Å². The van der Waals surface area contributed by atoms with Gasteiger partial charge in [0.05, 0.1) is 11.0 Å². The van der Waals surface area contributed by atoms with Gasteiger partial charge >= 0.3 is 0 Å². The second-order valence-corrected chi connectivity index (χ2v) is 7.45. The van der Waals surface area contributed by atoms with Crippen LogP contribution in [0.5, 0.6) is 0 Å². The second kappa shape index (κ2) is 7.82. The molecule has 142 valence electrons. The lowest BCUT2D eigenvalue weighted by molar-refractivity contribution is -0.134. The molecule has 3 aromatic rings. The van der Waals surface area contributed by atoms with Crippen LogP contribution in [0.15, 0.2) is 48.5 Å². The van der Waals surface area contributed by atoms with Crippen LogP contribution in [0.1, 0.15) is 32.2 Å². The first-order valence-electron chi connectivity index (χ1n) is 9.47. The van der Waals surface area contributed by atoms with Crippen molar-refractivity contribution in [2.75, 3.05) is 18.4 Å². The summed E-state index contributed by atoms with van der Waals surface area (Å²) < 4.78 is 0. The van der Waals surface area contributed by atoms with E-state index in [1.54, 1.807) is 0 Å². The molecular formula is C22H28N4O. The van der Waals surface area contributed by atoms with Crippen molar-refractivity contribution in [1.82, 2.24) is 14.9 Å². The van der Waals surface area contributed by atoms with Crippen LogP contribution in [0.25, 0.3) is 11.0 Å². The molecule has 0 bridgehead atoms. The number of aromatic amines is 1. The molecule has 1 aromatic heterocycles. The van der Waals surface area contributed by atoms with Gasteiger partial charge < -0.3 is 15.2 Å². The molecule has 0 spiro atoms. The number of carbonyl (C=O) groups excluding carboxylic acids is 1. The number of rotatable bonds is 7. The first kappa shape index (κ1) is 19.0. The number of hydrogen-bond donors (Lipinski definition) is 2. The molecule has 0 fully saturated rings. The Kier molecular flexibility index (Phi) is 5.49. The summed E-state index contributed by atoms with van der Waals surface area (Å²) in [5.74, 6) is 0.994. The summed E-state index contributed by atoms with van der Waals surface area (Å²) in [6, 6.07) is 16.1. The largest absolute Gasteiger partial charge is 0.372 e. The molecule has 0 unspecified atom stereocenters. The van der Waals surface area contributed by atoms with Gasteiger partial charge in [-0.3, -0.25) is 4.79 Å². The SMILES string of the molecule is CCN(CCc1nc2ccccc2[nH]1)C(=O)C(C)(C)Nc1ccc(C)cc1. The first-order valence-corrected chi connectivity index (χ1v) is 9.47. The highest BCUT2D eigenvalue weighted by Gasteiger charge is 2.31. The van der Waals surface area contributed by atoms with Crippen molar-refractivity contribution in [1.29, 1.82) is 0 Å². The van der Waals surface area contributed by atoms with Crippen molar-refractivity contribution >= 4 is 22.6 Å². The number of anilines is 1. The van der Waals surface area contributed by atoms with E-state index in [0.717, 1.165) is 22.5 Å². The molecule has 0 aliphatic carbocycles. The van der Waals surface area contributed by atoms with Gasteiger partial charge in [0.1, 0.15) is 11.4 Å². The van der Waals surface area contributed by atoms with E-state index in [1.165, 1.54) is 5.56 Å². The minimum absolute atomic E-state index is 0.0849. The Balaban J connectivity index is 1.65. The molecule has 2 N–H and O–H groups in total. The van der Waals surface area contributed by atoms with Crippen molar-refractivity contribution in [2.24, 2.45) is 0 Å². The summed E-state index contributed by atoms with van der Waals surface area (Å²) in [6.07, 6.45) is 0.703. The summed E-state index contributed by atoms with van der Waals surface area (Å²) in [5, 5.41) is 3.37. The number of para-hydroxylation sites is 2. The number of H-pyrrole nitrogens is 1. The van der Waals surface area contributed by atoms with E-state index >= 15 is 0 Å². The van der Waals surface area contributed by atoms with Crippen LogP contribution in [-0.2, 0) is 11.2 Å². The summed E-state index contributed by atoms with van der Waals surface area (Å²) in [7, 11) is 0. The lowest BCUT2D eigenvalue weighted by Crippen LogP contribution is -2.50. The molecule has 0 saturated heterocycles. The van der Waals surface area contributed by atoms with Crippen LogP contribution in [0.2, 0.25) is 0 Å². The van der Waals surface area contributed by atoms with E-state index in [4.69, 9.17) is 0 Å². The van der Waals surface area contributed by atoms with Crippen molar-refractivity contribution in [3.63, 3.8) is 0 Å². The van der Waals surface area contributed by atoms with Gasteiger partial charge in [0.2, 0.25) is 5.91 Å². The molecule has 0 aliphatic heterocycles. The third kappa shape index (κ3) is 4.48. The minimum atomic E-state index is -0.681. The number of fused-ring (bicyclic) bond motifs is 1. The third-order valence-corrected chi connectivity index (χ3v) is 4.77. The highest BCUT2D eigenvalue weighted by molar-refractivity contribution is 5.88. The molecule has 0 aliphatic rings. The lowest BCUT2D eigenvalue weighted by Gasteiger charge is -2.32. The molecule has 3 rings (SSSR count). The highest BCUT2D eigenvalue weighted by atomic mass is 16.2. The molecule has 5 heteroatoms. The summed E-state index contributed by atoms with van der Waals surface area (Å²) in [6.45, 7) is 9.22. The van der Waals surface area contributed by atoms with E-state index in [0.29, 0.717) is 19.5 Å². The maximum Gasteiger partial charge on any atom is 0.247 e. The predicted octanol–water partition coefficient (Wildman–Crippen LogP) is 4.15. The quantitative estimate of drug-likeness (QED) is 0.662. The van der Waals surface area contributed by atoms with Gasteiger partial charge in [0.15, 0.2) is 0 Å². The number of carbonyl (C=O) groups is 1. The van der Waals surface area contributed by atoms with E-state index in [-0.39, 0.29) is 5.91 Å². The fourth-order valence-corrected chi connectivity index (χ4v) is 3.21. The maximum atomic E-state index is 13.1. The van der Waals surface area contributed by atoms with Crippen LogP contribution >= 0.6 is 0 Å². The average molecular weight is 364 g/mol. The van der Waals surface area contributed by atoms with Gasteiger partial charge in [0, 0.05) is 25.2 Å². The van der Waals surface area contributed by atoms with Gasteiger partial charge in [0.25, 0.3) is 0 Å². The first-order chi connectivity index (χ1) is 12.9. The Bertz CT molecular complexity index is 878. The number of likely N-dealkylation sites (N-methyl/N-ethyl adjacent to an activating group) is 1. The van der Waals surface area contributed by atoms with Crippen molar-refractivity contribution in [3.8, 4) is 0 Å². The molecule has 5 nitrogen and oxygen atoms in total. The third-order valence-electron chi connectivity index (χ3n) is 4.77. The van der Waals surface area contributed by atoms with Crippen LogP contribution in [-0.4, -0.2) is 39.4 Å². The molecule has 0 radical (unpaired) electrons. The minimum Gasteiger partial charge on any atom is -0.372 e. The number of aryl methyl sites for hydroxylation is 1. The van der Waals surface area contributed by atoms with Gasteiger partial charge in [-0.25, -0.2) is 4.98 Å². The fourth-order valence-electron chi connectivity index (χ4n) is 3.21. The van der Waals surface area contributed by atoms with E-state index in [2.05, 4.69) is 22.2 Å². The van der Waals surface area contributed by atoms with Gasteiger partial charge in [-0.15, -0.1) is 0 Å². The molecule has 27 heavy (non-hydrogen) atoms. The zero-order valence-corrected chi connectivity index (χ0v) is 16.5. The fraction of sp³-hybridized carbons (Fsp3) is 0.364. The lowest BCUT2D eigenvalue weighted by atomic mass is 10.0. The smallest absolute Gasteiger partial charge is 0.247 e. The summed E-state index contributed by atoms with van der Waals surface area (Å²) in [4.78, 5) is 22.9. The van der Waals surface area contributed by atoms with Crippen LogP contribution in [0.3, 0.4) is 0 Å². The van der Waals surface area contributed by atoms with Crippen molar-refractivity contribution < 1.29 is 4.79 Å². The number of amides is 1. The molecule has 2 aromatic carbocycles. The molecule has 0 atom stereocenters.